The Labute approximate surface area is 134 Å². The summed E-state index contributed by atoms with van der Waals surface area (Å²) in [7, 11) is 0. The summed E-state index contributed by atoms with van der Waals surface area (Å²) in [6.07, 6.45) is 4.89. The molecule has 3 heteroatoms. The first kappa shape index (κ1) is 15.5. The predicted molar refractivity (Wildman–Crippen MR) is 89.9 cm³/mol. The van der Waals surface area contributed by atoms with Gasteiger partial charge in [-0.1, -0.05) is 32.0 Å². The standard InChI is InChI=1S/C19H28N2O/c1-15(2)14-21-12-10-19(11-13-21)9-8-17(19)20-18(22)16-6-4-3-5-7-16/h3-7,15,17H,8-14H2,1-2H3,(H,20,22). The third-order valence-corrected chi connectivity index (χ3v) is 5.49. The number of nitrogens with zero attached hydrogens (tertiary/aromatic N) is 1. The lowest BCUT2D eigenvalue weighted by molar-refractivity contribution is -0.00749. The number of hydrogen-bond donors (Lipinski definition) is 1. The van der Waals surface area contributed by atoms with Crippen LogP contribution in [0.2, 0.25) is 0 Å². The van der Waals surface area contributed by atoms with Gasteiger partial charge in [-0.05, 0) is 62.2 Å². The molecule has 1 aliphatic heterocycles. The first-order valence-electron chi connectivity index (χ1n) is 8.67. The van der Waals surface area contributed by atoms with E-state index in [0.717, 1.165) is 17.9 Å². The lowest BCUT2D eigenvalue weighted by Gasteiger charge is -2.54. The SMILES string of the molecule is CC(C)CN1CCC2(CCC2NC(=O)c2ccccc2)CC1. The molecular weight excluding hydrogens is 272 g/mol. The Bertz CT molecular complexity index is 503. The van der Waals surface area contributed by atoms with Crippen LogP contribution in [0, 0.1) is 11.3 Å². The van der Waals surface area contributed by atoms with Crippen molar-refractivity contribution in [2.24, 2.45) is 11.3 Å². The zero-order valence-electron chi connectivity index (χ0n) is 13.8. The zero-order valence-corrected chi connectivity index (χ0v) is 13.8. The van der Waals surface area contributed by atoms with E-state index in [-0.39, 0.29) is 5.91 Å². The van der Waals surface area contributed by atoms with Crippen molar-refractivity contribution in [2.45, 2.75) is 45.6 Å². The maximum atomic E-state index is 12.4. The van der Waals surface area contributed by atoms with E-state index in [4.69, 9.17) is 0 Å². The zero-order chi connectivity index (χ0) is 15.6. The molecule has 120 valence electrons. The van der Waals surface area contributed by atoms with E-state index in [1.54, 1.807) is 0 Å². The van der Waals surface area contributed by atoms with Gasteiger partial charge in [0.05, 0.1) is 0 Å². The first-order valence-corrected chi connectivity index (χ1v) is 8.67. The summed E-state index contributed by atoms with van der Waals surface area (Å²) in [4.78, 5) is 14.9. The Morgan fingerprint density at radius 1 is 1.23 bits per heavy atom. The number of nitrogens with one attached hydrogen (secondary N) is 1. The molecule has 1 saturated carbocycles. The van der Waals surface area contributed by atoms with Crippen molar-refractivity contribution in [3.63, 3.8) is 0 Å². The Balaban J connectivity index is 1.55. The number of rotatable bonds is 4. The van der Waals surface area contributed by atoms with Crippen molar-refractivity contribution < 1.29 is 4.79 Å². The fourth-order valence-electron chi connectivity index (χ4n) is 4.05. The van der Waals surface area contributed by atoms with Gasteiger partial charge in [0.2, 0.25) is 0 Å². The molecule has 1 aliphatic carbocycles. The molecule has 3 rings (SSSR count). The number of piperidine rings is 1. The molecule has 1 atom stereocenters. The highest BCUT2D eigenvalue weighted by molar-refractivity contribution is 5.94. The molecule has 0 radical (unpaired) electrons. The normalized spacial score (nSPS) is 24.2. The summed E-state index contributed by atoms with van der Waals surface area (Å²) in [6.45, 7) is 8.16. The van der Waals surface area contributed by atoms with Gasteiger partial charge >= 0.3 is 0 Å². The second-order valence-electron chi connectivity index (χ2n) is 7.49. The van der Waals surface area contributed by atoms with E-state index in [1.165, 1.54) is 38.9 Å². The molecule has 0 aromatic heterocycles. The molecule has 2 aliphatic rings. The van der Waals surface area contributed by atoms with Crippen LogP contribution in [0.1, 0.15) is 49.9 Å². The van der Waals surface area contributed by atoms with Crippen molar-refractivity contribution in [1.82, 2.24) is 10.2 Å². The van der Waals surface area contributed by atoms with E-state index in [9.17, 15) is 4.79 Å². The molecule has 1 heterocycles. The largest absolute Gasteiger partial charge is 0.349 e. The predicted octanol–water partition coefficient (Wildman–Crippen LogP) is 3.32. The van der Waals surface area contributed by atoms with Gasteiger partial charge in [0.15, 0.2) is 0 Å². The van der Waals surface area contributed by atoms with Gasteiger partial charge in [-0.2, -0.15) is 0 Å². The Morgan fingerprint density at radius 3 is 2.45 bits per heavy atom. The van der Waals surface area contributed by atoms with E-state index in [2.05, 4.69) is 24.1 Å². The number of carbonyl (C=O) groups is 1. The highest BCUT2D eigenvalue weighted by Gasteiger charge is 2.48. The second-order valence-corrected chi connectivity index (χ2v) is 7.49. The third kappa shape index (κ3) is 3.19. The van der Waals surface area contributed by atoms with Gasteiger partial charge in [-0.3, -0.25) is 4.79 Å². The van der Waals surface area contributed by atoms with Crippen LogP contribution >= 0.6 is 0 Å². The minimum Gasteiger partial charge on any atom is -0.349 e. The molecule has 3 nitrogen and oxygen atoms in total. The van der Waals surface area contributed by atoms with Gasteiger partial charge in [0.1, 0.15) is 0 Å². The van der Waals surface area contributed by atoms with E-state index in [0.29, 0.717) is 11.5 Å². The molecule has 1 unspecified atom stereocenters. The lowest BCUT2D eigenvalue weighted by atomic mass is 9.59. The molecule has 1 saturated heterocycles. The lowest BCUT2D eigenvalue weighted by Crippen LogP contribution is -2.59. The fourth-order valence-corrected chi connectivity index (χ4v) is 4.05. The Kier molecular flexibility index (Phi) is 4.53. The van der Waals surface area contributed by atoms with Crippen LogP contribution in [0.4, 0.5) is 0 Å². The van der Waals surface area contributed by atoms with E-state index in [1.807, 2.05) is 30.3 Å². The summed E-state index contributed by atoms with van der Waals surface area (Å²) in [5, 5.41) is 3.29. The monoisotopic (exact) mass is 300 g/mol. The molecule has 1 aromatic rings. The minimum atomic E-state index is 0.0919. The third-order valence-electron chi connectivity index (χ3n) is 5.49. The molecule has 0 bridgehead atoms. The van der Waals surface area contributed by atoms with Crippen LogP contribution in [-0.2, 0) is 0 Å². The quantitative estimate of drug-likeness (QED) is 0.925. The second kappa shape index (κ2) is 6.41. The molecular formula is C19H28N2O. The first-order chi connectivity index (χ1) is 10.6. The molecule has 1 N–H and O–H groups in total. The molecule has 1 amide bonds. The summed E-state index contributed by atoms with van der Waals surface area (Å²) in [5.41, 5.74) is 1.15. The summed E-state index contributed by atoms with van der Waals surface area (Å²) in [5.74, 6) is 0.832. The highest BCUT2D eigenvalue weighted by atomic mass is 16.1. The van der Waals surface area contributed by atoms with Gasteiger partial charge in [-0.15, -0.1) is 0 Å². The molecule has 1 spiro atoms. The average molecular weight is 300 g/mol. The minimum absolute atomic E-state index is 0.0919. The van der Waals surface area contributed by atoms with Crippen LogP contribution in [0.15, 0.2) is 30.3 Å². The van der Waals surface area contributed by atoms with Gasteiger partial charge in [-0.25, -0.2) is 0 Å². The van der Waals surface area contributed by atoms with Crippen molar-refractivity contribution in [1.29, 1.82) is 0 Å². The summed E-state index contributed by atoms with van der Waals surface area (Å²) in [6, 6.07) is 9.97. The van der Waals surface area contributed by atoms with Gasteiger partial charge in [0.25, 0.3) is 5.91 Å². The van der Waals surface area contributed by atoms with Crippen LogP contribution in [0.5, 0.6) is 0 Å². The Morgan fingerprint density at radius 2 is 1.91 bits per heavy atom. The van der Waals surface area contributed by atoms with Gasteiger partial charge in [0, 0.05) is 18.2 Å². The number of likely N-dealkylation sites (tertiary alicyclic amines) is 1. The summed E-state index contributed by atoms with van der Waals surface area (Å²) < 4.78 is 0. The highest BCUT2D eigenvalue weighted by Crippen LogP contribution is 2.49. The topological polar surface area (TPSA) is 32.3 Å². The van der Waals surface area contributed by atoms with Crippen LogP contribution in [-0.4, -0.2) is 36.5 Å². The van der Waals surface area contributed by atoms with Gasteiger partial charge < -0.3 is 10.2 Å². The molecule has 1 aromatic carbocycles. The van der Waals surface area contributed by atoms with Crippen LogP contribution < -0.4 is 5.32 Å². The maximum Gasteiger partial charge on any atom is 0.251 e. The van der Waals surface area contributed by atoms with Crippen molar-refractivity contribution in [2.75, 3.05) is 19.6 Å². The van der Waals surface area contributed by atoms with Crippen LogP contribution in [0.3, 0.4) is 0 Å². The molecule has 2 fully saturated rings. The maximum absolute atomic E-state index is 12.4. The molecule has 22 heavy (non-hydrogen) atoms. The van der Waals surface area contributed by atoms with E-state index < -0.39 is 0 Å². The number of carbonyl (C=O) groups excluding carboxylic acids is 1. The van der Waals surface area contributed by atoms with Crippen molar-refractivity contribution >= 4 is 5.91 Å². The smallest absolute Gasteiger partial charge is 0.251 e. The fraction of sp³-hybridized carbons (Fsp3) is 0.632. The summed E-state index contributed by atoms with van der Waals surface area (Å²) >= 11 is 0. The number of hydrogen-bond acceptors (Lipinski definition) is 2. The van der Waals surface area contributed by atoms with Crippen LogP contribution in [0.25, 0.3) is 0 Å². The van der Waals surface area contributed by atoms with E-state index >= 15 is 0 Å². The number of amides is 1. The average Bonchev–Trinajstić information content (AvgIpc) is 2.52. The van der Waals surface area contributed by atoms with Crippen molar-refractivity contribution in [3.05, 3.63) is 35.9 Å². The Hall–Kier alpha value is -1.35. The number of benzene rings is 1. The van der Waals surface area contributed by atoms with Crippen molar-refractivity contribution in [3.8, 4) is 0 Å².